The number of isocyanates is 1. The standard InChI is InChI=1S/C27H53NO4/c1-4-30-27(31-5-2,32-6-3)24-22-20-18-16-14-12-10-8-7-9-11-13-15-17-19-21-23-25-28-26-29/h4-25H2,1-3H3. The molecule has 0 unspecified atom stereocenters. The molecule has 0 aromatic heterocycles. The maximum Gasteiger partial charge on any atom is 0.282 e. The monoisotopic (exact) mass is 455 g/mol. The largest absolute Gasteiger partial charge is 0.328 e. The summed E-state index contributed by atoms with van der Waals surface area (Å²) in [7, 11) is 0. The van der Waals surface area contributed by atoms with Crippen molar-refractivity contribution in [3.05, 3.63) is 0 Å². The van der Waals surface area contributed by atoms with E-state index in [9.17, 15) is 4.79 Å². The Bertz CT molecular complexity index is 407. The first-order valence-corrected chi connectivity index (χ1v) is 13.7. The van der Waals surface area contributed by atoms with Gasteiger partial charge in [-0.05, 0) is 33.6 Å². The van der Waals surface area contributed by atoms with Gasteiger partial charge in [-0.2, -0.15) is 0 Å². The van der Waals surface area contributed by atoms with Crippen LogP contribution in [0.4, 0.5) is 0 Å². The molecule has 0 aromatic carbocycles. The van der Waals surface area contributed by atoms with Crippen molar-refractivity contribution in [3.8, 4) is 0 Å². The van der Waals surface area contributed by atoms with E-state index in [4.69, 9.17) is 14.2 Å². The van der Waals surface area contributed by atoms with Crippen LogP contribution in [-0.2, 0) is 19.0 Å². The fourth-order valence-corrected chi connectivity index (χ4v) is 4.23. The van der Waals surface area contributed by atoms with E-state index < -0.39 is 5.97 Å². The van der Waals surface area contributed by atoms with E-state index in [1.54, 1.807) is 6.08 Å². The Kier molecular flexibility index (Phi) is 24.3. The van der Waals surface area contributed by atoms with Gasteiger partial charge in [-0.25, -0.2) is 9.79 Å². The zero-order valence-corrected chi connectivity index (χ0v) is 21.6. The van der Waals surface area contributed by atoms with E-state index in [0.29, 0.717) is 26.4 Å². The van der Waals surface area contributed by atoms with E-state index in [2.05, 4.69) is 4.99 Å². The maximum atomic E-state index is 9.96. The molecule has 0 saturated carbocycles. The van der Waals surface area contributed by atoms with Crippen LogP contribution in [-0.4, -0.2) is 38.4 Å². The molecule has 0 radical (unpaired) electrons. The maximum absolute atomic E-state index is 9.96. The number of carbonyl (C=O) groups excluding carboxylic acids is 1. The first kappa shape index (κ1) is 31.3. The highest BCUT2D eigenvalue weighted by Gasteiger charge is 2.31. The predicted molar refractivity (Wildman–Crippen MR) is 134 cm³/mol. The molecule has 0 aliphatic heterocycles. The van der Waals surface area contributed by atoms with E-state index in [-0.39, 0.29) is 0 Å². The highest BCUT2D eigenvalue weighted by molar-refractivity contribution is 5.32. The minimum absolute atomic E-state index is 0.612. The Balaban J connectivity index is 3.39. The zero-order chi connectivity index (χ0) is 23.6. The van der Waals surface area contributed by atoms with Crippen LogP contribution in [0.25, 0.3) is 0 Å². The van der Waals surface area contributed by atoms with Crippen LogP contribution >= 0.6 is 0 Å². The van der Waals surface area contributed by atoms with Crippen molar-refractivity contribution >= 4 is 6.08 Å². The molecule has 190 valence electrons. The van der Waals surface area contributed by atoms with Crippen molar-refractivity contribution in [3.63, 3.8) is 0 Å². The third-order valence-electron chi connectivity index (χ3n) is 5.91. The number of nitrogens with zero attached hydrogens (tertiary/aromatic N) is 1. The smallest absolute Gasteiger partial charge is 0.282 e. The first-order chi connectivity index (χ1) is 15.7. The van der Waals surface area contributed by atoms with Gasteiger partial charge in [0.2, 0.25) is 6.08 Å². The molecule has 0 amide bonds. The van der Waals surface area contributed by atoms with Gasteiger partial charge in [0.1, 0.15) is 0 Å². The summed E-state index contributed by atoms with van der Waals surface area (Å²) in [5.74, 6) is -0.828. The van der Waals surface area contributed by atoms with E-state index in [0.717, 1.165) is 19.3 Å². The van der Waals surface area contributed by atoms with Crippen LogP contribution in [0.5, 0.6) is 0 Å². The van der Waals surface area contributed by atoms with Gasteiger partial charge in [0.05, 0.1) is 6.54 Å². The molecule has 5 heteroatoms. The lowest BCUT2D eigenvalue weighted by atomic mass is 10.0. The first-order valence-electron chi connectivity index (χ1n) is 13.7. The van der Waals surface area contributed by atoms with Gasteiger partial charge in [-0.3, -0.25) is 0 Å². The highest BCUT2D eigenvalue weighted by atomic mass is 16.9. The molecular weight excluding hydrogens is 402 g/mol. The van der Waals surface area contributed by atoms with Gasteiger partial charge in [0, 0.05) is 26.2 Å². The number of ether oxygens (including phenoxy) is 3. The molecule has 0 fully saturated rings. The molecule has 0 bridgehead atoms. The summed E-state index contributed by atoms with van der Waals surface area (Å²) in [4.78, 5) is 13.6. The molecule has 0 aliphatic carbocycles. The Labute approximate surface area is 199 Å². The van der Waals surface area contributed by atoms with Gasteiger partial charge in [0.25, 0.3) is 5.97 Å². The van der Waals surface area contributed by atoms with Gasteiger partial charge in [-0.1, -0.05) is 96.3 Å². The summed E-state index contributed by atoms with van der Waals surface area (Å²) in [5.41, 5.74) is 0. The molecular formula is C27H53NO4. The molecule has 0 rings (SSSR count). The number of unbranched alkanes of at least 4 members (excludes halogenated alkanes) is 16. The predicted octanol–water partition coefficient (Wildman–Crippen LogP) is 8.11. The summed E-state index contributed by atoms with van der Waals surface area (Å²) in [5, 5.41) is 0. The van der Waals surface area contributed by atoms with Crippen LogP contribution in [0.15, 0.2) is 4.99 Å². The van der Waals surface area contributed by atoms with Crippen LogP contribution < -0.4 is 0 Å². The topological polar surface area (TPSA) is 57.1 Å². The second-order valence-electron chi connectivity index (χ2n) is 8.72. The van der Waals surface area contributed by atoms with Crippen molar-refractivity contribution in [2.75, 3.05) is 26.4 Å². The summed E-state index contributed by atoms with van der Waals surface area (Å²) in [6.07, 6.45) is 24.7. The Morgan fingerprint density at radius 3 is 1.16 bits per heavy atom. The Hall–Kier alpha value is -0.740. The lowest BCUT2D eigenvalue weighted by Crippen LogP contribution is -2.39. The molecule has 0 N–H and O–H groups in total. The number of aliphatic imine (C=N–C) groups is 1. The number of hydrogen-bond donors (Lipinski definition) is 0. The molecule has 0 aliphatic rings. The van der Waals surface area contributed by atoms with Crippen molar-refractivity contribution in [1.29, 1.82) is 0 Å². The van der Waals surface area contributed by atoms with Crippen LogP contribution in [0, 0.1) is 0 Å². The van der Waals surface area contributed by atoms with Gasteiger partial charge in [0.15, 0.2) is 0 Å². The minimum Gasteiger partial charge on any atom is -0.328 e. The van der Waals surface area contributed by atoms with E-state index >= 15 is 0 Å². The summed E-state index contributed by atoms with van der Waals surface area (Å²) < 4.78 is 17.4. The molecule has 0 spiro atoms. The lowest BCUT2D eigenvalue weighted by molar-refractivity contribution is -0.380. The van der Waals surface area contributed by atoms with Crippen molar-refractivity contribution < 1.29 is 19.0 Å². The van der Waals surface area contributed by atoms with Crippen LogP contribution in [0.1, 0.15) is 136 Å². The van der Waals surface area contributed by atoms with Crippen LogP contribution in [0.2, 0.25) is 0 Å². The molecule has 0 atom stereocenters. The van der Waals surface area contributed by atoms with Gasteiger partial charge >= 0.3 is 0 Å². The summed E-state index contributed by atoms with van der Waals surface area (Å²) >= 11 is 0. The lowest BCUT2D eigenvalue weighted by Gasteiger charge is -2.32. The van der Waals surface area contributed by atoms with Crippen molar-refractivity contribution in [1.82, 2.24) is 0 Å². The third-order valence-corrected chi connectivity index (χ3v) is 5.91. The Morgan fingerprint density at radius 2 is 0.844 bits per heavy atom. The average molecular weight is 456 g/mol. The molecule has 32 heavy (non-hydrogen) atoms. The Morgan fingerprint density at radius 1 is 0.531 bits per heavy atom. The zero-order valence-electron chi connectivity index (χ0n) is 21.6. The quantitative estimate of drug-likeness (QED) is 0.0572. The fourth-order valence-electron chi connectivity index (χ4n) is 4.23. The summed E-state index contributed by atoms with van der Waals surface area (Å²) in [6.45, 7) is 8.47. The van der Waals surface area contributed by atoms with E-state index in [1.165, 1.54) is 96.3 Å². The van der Waals surface area contributed by atoms with Gasteiger partial charge < -0.3 is 14.2 Å². The number of hydrogen-bond acceptors (Lipinski definition) is 5. The SMILES string of the molecule is CCOC(CCCCCCCCCCCCCCCCCCCN=C=O)(OCC)OCC. The molecule has 0 heterocycles. The summed E-state index contributed by atoms with van der Waals surface area (Å²) in [6, 6.07) is 0. The number of rotatable bonds is 26. The minimum atomic E-state index is -0.828. The second kappa shape index (κ2) is 24.9. The molecule has 0 aromatic rings. The molecule has 0 saturated heterocycles. The van der Waals surface area contributed by atoms with Gasteiger partial charge in [-0.15, -0.1) is 0 Å². The fraction of sp³-hybridized carbons (Fsp3) is 0.963. The van der Waals surface area contributed by atoms with E-state index in [1.807, 2.05) is 20.8 Å². The highest BCUT2D eigenvalue weighted by Crippen LogP contribution is 2.24. The van der Waals surface area contributed by atoms with Crippen LogP contribution in [0.3, 0.4) is 0 Å². The molecule has 5 nitrogen and oxygen atoms in total. The normalized spacial score (nSPS) is 11.6. The van der Waals surface area contributed by atoms with Crippen molar-refractivity contribution in [2.45, 2.75) is 142 Å². The average Bonchev–Trinajstić information content (AvgIpc) is 2.78. The van der Waals surface area contributed by atoms with Crippen molar-refractivity contribution in [2.24, 2.45) is 4.99 Å². The second-order valence-corrected chi connectivity index (χ2v) is 8.72. The third kappa shape index (κ3) is 19.9.